The van der Waals surface area contributed by atoms with Gasteiger partial charge in [-0.15, -0.1) is 0 Å². The van der Waals surface area contributed by atoms with E-state index < -0.39 is 0 Å². The first-order valence-corrected chi connectivity index (χ1v) is 9.10. The second-order valence-electron chi connectivity index (χ2n) is 5.27. The SMILES string of the molecule is CCCCN1CC(C)S/C1=N\C(=O)c1ccc(Br)cc1OC. The Morgan fingerprint density at radius 2 is 2.32 bits per heavy atom. The van der Waals surface area contributed by atoms with E-state index in [0.29, 0.717) is 16.6 Å². The number of nitrogens with zero attached hydrogens (tertiary/aromatic N) is 2. The van der Waals surface area contributed by atoms with E-state index in [4.69, 9.17) is 4.74 Å². The number of hydrogen-bond acceptors (Lipinski definition) is 3. The Morgan fingerprint density at radius 3 is 3.00 bits per heavy atom. The van der Waals surface area contributed by atoms with Crippen molar-refractivity contribution in [1.29, 1.82) is 0 Å². The van der Waals surface area contributed by atoms with Crippen LogP contribution < -0.4 is 4.74 Å². The van der Waals surface area contributed by atoms with Gasteiger partial charge in [0.15, 0.2) is 5.17 Å². The summed E-state index contributed by atoms with van der Waals surface area (Å²) < 4.78 is 6.16. The number of methoxy groups -OCH3 is 1. The maximum absolute atomic E-state index is 12.5. The molecule has 1 aliphatic heterocycles. The van der Waals surface area contributed by atoms with Crippen LogP contribution in [-0.4, -0.2) is 41.4 Å². The average molecular weight is 385 g/mol. The largest absolute Gasteiger partial charge is 0.496 e. The number of thioether (sulfide) groups is 1. The monoisotopic (exact) mass is 384 g/mol. The van der Waals surface area contributed by atoms with Gasteiger partial charge in [0, 0.05) is 22.8 Å². The third kappa shape index (κ3) is 4.26. The number of amidine groups is 1. The van der Waals surface area contributed by atoms with Gasteiger partial charge < -0.3 is 9.64 Å². The summed E-state index contributed by atoms with van der Waals surface area (Å²) >= 11 is 5.05. The molecule has 1 amide bonds. The molecule has 1 saturated heterocycles. The molecular weight excluding hydrogens is 364 g/mol. The molecule has 0 spiro atoms. The van der Waals surface area contributed by atoms with Crippen molar-refractivity contribution in [2.24, 2.45) is 4.99 Å². The minimum absolute atomic E-state index is 0.248. The predicted molar refractivity (Wildman–Crippen MR) is 96.0 cm³/mol. The molecule has 1 unspecified atom stereocenters. The van der Waals surface area contributed by atoms with Crippen molar-refractivity contribution in [3.63, 3.8) is 0 Å². The minimum atomic E-state index is -0.248. The lowest BCUT2D eigenvalue weighted by Crippen LogP contribution is -2.27. The number of halogens is 1. The molecule has 1 atom stereocenters. The lowest BCUT2D eigenvalue weighted by atomic mass is 10.2. The Labute approximate surface area is 144 Å². The van der Waals surface area contributed by atoms with Gasteiger partial charge in [0.05, 0.1) is 12.7 Å². The maximum Gasteiger partial charge on any atom is 0.283 e. The zero-order valence-electron chi connectivity index (χ0n) is 13.1. The van der Waals surface area contributed by atoms with Gasteiger partial charge >= 0.3 is 0 Å². The first kappa shape index (κ1) is 17.3. The van der Waals surface area contributed by atoms with Gasteiger partial charge in [-0.1, -0.05) is 48.0 Å². The van der Waals surface area contributed by atoms with Crippen molar-refractivity contribution < 1.29 is 9.53 Å². The summed E-state index contributed by atoms with van der Waals surface area (Å²) in [6.45, 7) is 6.24. The molecule has 1 aromatic carbocycles. The van der Waals surface area contributed by atoms with E-state index in [1.807, 2.05) is 6.07 Å². The second kappa shape index (κ2) is 8.02. The number of carbonyl (C=O) groups is 1. The summed E-state index contributed by atoms with van der Waals surface area (Å²) in [6.07, 6.45) is 2.25. The van der Waals surface area contributed by atoms with Gasteiger partial charge in [-0.05, 0) is 24.6 Å². The van der Waals surface area contributed by atoms with E-state index in [9.17, 15) is 4.79 Å². The Morgan fingerprint density at radius 1 is 1.55 bits per heavy atom. The van der Waals surface area contributed by atoms with Gasteiger partial charge in [0.1, 0.15) is 5.75 Å². The van der Waals surface area contributed by atoms with Crippen LogP contribution in [0.2, 0.25) is 0 Å². The van der Waals surface area contributed by atoms with Gasteiger partial charge in [0.25, 0.3) is 5.91 Å². The van der Waals surface area contributed by atoms with Crippen molar-refractivity contribution in [3.8, 4) is 5.75 Å². The van der Waals surface area contributed by atoms with Crippen molar-refractivity contribution in [1.82, 2.24) is 4.90 Å². The summed E-state index contributed by atoms with van der Waals surface area (Å²) in [6, 6.07) is 5.36. The smallest absolute Gasteiger partial charge is 0.283 e. The third-order valence-electron chi connectivity index (χ3n) is 3.43. The third-order valence-corrected chi connectivity index (χ3v) is 5.03. The Balaban J connectivity index is 2.21. The molecule has 22 heavy (non-hydrogen) atoms. The van der Waals surface area contributed by atoms with Crippen LogP contribution >= 0.6 is 27.7 Å². The van der Waals surface area contributed by atoms with Gasteiger partial charge in [-0.2, -0.15) is 4.99 Å². The van der Waals surface area contributed by atoms with E-state index in [1.54, 1.807) is 31.0 Å². The van der Waals surface area contributed by atoms with Crippen LogP contribution in [0.3, 0.4) is 0 Å². The van der Waals surface area contributed by atoms with Crippen LogP contribution in [-0.2, 0) is 0 Å². The zero-order chi connectivity index (χ0) is 16.1. The molecule has 4 nitrogen and oxygen atoms in total. The molecule has 0 aromatic heterocycles. The summed E-state index contributed by atoms with van der Waals surface area (Å²) in [5.41, 5.74) is 0.494. The zero-order valence-corrected chi connectivity index (χ0v) is 15.5. The van der Waals surface area contributed by atoms with Crippen LogP contribution in [0.4, 0.5) is 0 Å². The van der Waals surface area contributed by atoms with Gasteiger partial charge in [-0.25, -0.2) is 0 Å². The first-order chi connectivity index (χ1) is 10.5. The highest BCUT2D eigenvalue weighted by Gasteiger charge is 2.26. The standard InChI is InChI=1S/C16H21BrN2O2S/c1-4-5-8-19-10-11(2)22-16(19)18-15(20)13-7-6-12(17)9-14(13)21-3/h6-7,9,11H,4-5,8,10H2,1-3H3/b18-16-. The summed E-state index contributed by atoms with van der Waals surface area (Å²) in [5, 5.41) is 1.30. The van der Waals surface area contributed by atoms with Gasteiger partial charge in [-0.3, -0.25) is 4.79 Å². The Kier molecular flexibility index (Phi) is 6.32. The Bertz CT molecular complexity index is 577. The van der Waals surface area contributed by atoms with Crippen molar-refractivity contribution in [2.45, 2.75) is 31.9 Å². The summed E-state index contributed by atoms with van der Waals surface area (Å²) in [4.78, 5) is 19.0. The minimum Gasteiger partial charge on any atom is -0.496 e. The molecule has 1 aliphatic rings. The van der Waals surface area contributed by atoms with Crippen LogP contribution in [0.1, 0.15) is 37.0 Å². The molecule has 6 heteroatoms. The second-order valence-corrected chi connectivity index (χ2v) is 7.59. The molecule has 1 heterocycles. The maximum atomic E-state index is 12.5. The number of hydrogen-bond donors (Lipinski definition) is 0. The topological polar surface area (TPSA) is 41.9 Å². The molecule has 0 saturated carbocycles. The highest BCUT2D eigenvalue weighted by molar-refractivity contribution is 9.10. The van der Waals surface area contributed by atoms with Gasteiger partial charge in [0.2, 0.25) is 0 Å². The molecule has 1 fully saturated rings. The average Bonchev–Trinajstić information content (AvgIpc) is 2.84. The van der Waals surface area contributed by atoms with Crippen molar-refractivity contribution in [2.75, 3.05) is 20.2 Å². The number of unbranched alkanes of at least 4 members (excludes halogenated alkanes) is 1. The van der Waals surface area contributed by atoms with Crippen LogP contribution in [0, 0.1) is 0 Å². The Hall–Kier alpha value is -1.01. The normalized spacial score (nSPS) is 19.7. The molecule has 0 N–H and O–H groups in total. The van der Waals surface area contributed by atoms with Crippen LogP contribution in [0.5, 0.6) is 5.75 Å². The first-order valence-electron chi connectivity index (χ1n) is 7.43. The number of amides is 1. The molecular formula is C16H21BrN2O2S. The van der Waals surface area contributed by atoms with E-state index in [2.05, 4.69) is 39.7 Å². The highest BCUT2D eigenvalue weighted by Crippen LogP contribution is 2.28. The van der Waals surface area contributed by atoms with Crippen molar-refractivity contribution >= 4 is 38.8 Å². The van der Waals surface area contributed by atoms with E-state index in [0.717, 1.165) is 35.6 Å². The molecule has 0 radical (unpaired) electrons. The molecule has 0 bridgehead atoms. The number of ether oxygens (including phenoxy) is 1. The lowest BCUT2D eigenvalue weighted by molar-refractivity contribution is 0.0999. The van der Waals surface area contributed by atoms with Crippen LogP contribution in [0.25, 0.3) is 0 Å². The fraction of sp³-hybridized carbons (Fsp3) is 0.500. The molecule has 1 aromatic rings. The van der Waals surface area contributed by atoms with E-state index in [1.165, 1.54) is 0 Å². The summed E-state index contributed by atoms with van der Waals surface area (Å²) in [7, 11) is 1.56. The number of benzene rings is 1. The quantitative estimate of drug-likeness (QED) is 0.762. The fourth-order valence-corrected chi connectivity index (χ4v) is 3.71. The predicted octanol–water partition coefficient (Wildman–Crippen LogP) is 4.19. The number of aliphatic imine (C=N–C) groups is 1. The number of carbonyl (C=O) groups excluding carboxylic acids is 1. The highest BCUT2D eigenvalue weighted by atomic mass is 79.9. The lowest BCUT2D eigenvalue weighted by Gasteiger charge is -2.17. The molecule has 0 aliphatic carbocycles. The molecule has 2 rings (SSSR count). The van der Waals surface area contributed by atoms with E-state index >= 15 is 0 Å². The fourth-order valence-electron chi connectivity index (χ4n) is 2.30. The van der Waals surface area contributed by atoms with Crippen molar-refractivity contribution in [3.05, 3.63) is 28.2 Å². The van der Waals surface area contributed by atoms with Crippen LogP contribution in [0.15, 0.2) is 27.7 Å². The summed E-state index contributed by atoms with van der Waals surface area (Å²) in [5.74, 6) is 0.294. The number of rotatable bonds is 5. The molecule has 120 valence electrons. The van der Waals surface area contributed by atoms with E-state index in [-0.39, 0.29) is 5.91 Å².